The number of benzene rings is 2. The van der Waals surface area contributed by atoms with Gasteiger partial charge in [0, 0.05) is 50.3 Å². The van der Waals surface area contributed by atoms with E-state index in [2.05, 4.69) is 5.32 Å². The van der Waals surface area contributed by atoms with Crippen LogP contribution in [0.3, 0.4) is 0 Å². The fourth-order valence-electron chi connectivity index (χ4n) is 2.77. The summed E-state index contributed by atoms with van der Waals surface area (Å²) in [7, 11) is 0. The minimum Gasteiger partial charge on any atom is -0.352 e. The van der Waals surface area contributed by atoms with Crippen LogP contribution in [0.15, 0.2) is 47.4 Å². The molecule has 0 bridgehead atoms. The van der Waals surface area contributed by atoms with Gasteiger partial charge in [0.1, 0.15) is 6.04 Å². The lowest BCUT2D eigenvalue weighted by Gasteiger charge is -2.30. The largest absolute Gasteiger partial charge is 0.352 e. The van der Waals surface area contributed by atoms with Crippen molar-refractivity contribution in [2.24, 2.45) is 0 Å². The van der Waals surface area contributed by atoms with Crippen LogP contribution in [0.2, 0.25) is 15.1 Å². The van der Waals surface area contributed by atoms with Gasteiger partial charge in [0.25, 0.3) is 0 Å². The van der Waals surface area contributed by atoms with Crippen molar-refractivity contribution in [3.8, 4) is 0 Å². The molecule has 30 heavy (non-hydrogen) atoms. The molecule has 2 aromatic rings. The average molecular weight is 488 g/mol. The van der Waals surface area contributed by atoms with Crippen molar-refractivity contribution >= 4 is 58.4 Å². The quantitative estimate of drug-likeness (QED) is 0.437. The van der Waals surface area contributed by atoms with Crippen LogP contribution in [-0.4, -0.2) is 34.6 Å². The van der Waals surface area contributed by atoms with E-state index in [1.807, 2.05) is 38.1 Å². The lowest BCUT2D eigenvalue weighted by atomic mass is 10.1. The van der Waals surface area contributed by atoms with Crippen LogP contribution in [0.4, 0.5) is 0 Å². The van der Waals surface area contributed by atoms with Crippen LogP contribution >= 0.6 is 46.6 Å². The molecule has 0 saturated carbocycles. The summed E-state index contributed by atoms with van der Waals surface area (Å²) in [6, 6.07) is 12.0. The third-order valence-corrected chi connectivity index (χ3v) is 6.36. The van der Waals surface area contributed by atoms with Crippen molar-refractivity contribution in [2.75, 3.05) is 5.75 Å². The average Bonchev–Trinajstić information content (AvgIpc) is 2.68. The third-order valence-electron chi connectivity index (χ3n) is 4.39. The van der Waals surface area contributed by atoms with Crippen molar-refractivity contribution in [1.82, 2.24) is 10.2 Å². The normalized spacial score (nSPS) is 12.0. The number of carbonyl (C=O) groups is 2. The van der Waals surface area contributed by atoms with Gasteiger partial charge in [-0.3, -0.25) is 9.59 Å². The van der Waals surface area contributed by atoms with Crippen molar-refractivity contribution in [3.05, 3.63) is 63.1 Å². The van der Waals surface area contributed by atoms with Gasteiger partial charge in [0.2, 0.25) is 11.8 Å². The Labute approximate surface area is 197 Å². The highest BCUT2D eigenvalue weighted by molar-refractivity contribution is 7.99. The summed E-state index contributed by atoms with van der Waals surface area (Å²) in [5.41, 5.74) is 0.628. The molecular weight excluding hydrogens is 463 g/mol. The van der Waals surface area contributed by atoms with Crippen molar-refractivity contribution < 1.29 is 9.59 Å². The topological polar surface area (TPSA) is 49.4 Å². The molecule has 4 nitrogen and oxygen atoms in total. The fraction of sp³-hybridized carbons (Fsp3) is 0.364. The maximum absolute atomic E-state index is 13.1. The van der Waals surface area contributed by atoms with Crippen molar-refractivity contribution in [3.63, 3.8) is 0 Å². The van der Waals surface area contributed by atoms with E-state index in [0.29, 0.717) is 26.4 Å². The minimum atomic E-state index is -0.659. The molecule has 0 radical (unpaired) electrons. The summed E-state index contributed by atoms with van der Waals surface area (Å²) in [6.45, 7) is 5.64. The molecule has 0 aromatic heterocycles. The first-order chi connectivity index (χ1) is 14.2. The summed E-state index contributed by atoms with van der Waals surface area (Å²) < 4.78 is 0. The maximum atomic E-state index is 13.1. The van der Waals surface area contributed by atoms with Gasteiger partial charge in [-0.2, -0.15) is 0 Å². The molecule has 1 unspecified atom stereocenters. The molecule has 0 fully saturated rings. The highest BCUT2D eigenvalue weighted by Crippen LogP contribution is 2.27. The van der Waals surface area contributed by atoms with E-state index in [1.54, 1.807) is 36.9 Å². The number of thioether (sulfide) groups is 1. The van der Waals surface area contributed by atoms with Gasteiger partial charge >= 0.3 is 0 Å². The van der Waals surface area contributed by atoms with Gasteiger partial charge in [0.05, 0.1) is 0 Å². The highest BCUT2D eigenvalue weighted by atomic mass is 35.5. The Hall–Kier alpha value is -1.40. The van der Waals surface area contributed by atoms with Crippen molar-refractivity contribution in [2.45, 2.75) is 50.7 Å². The zero-order chi connectivity index (χ0) is 22.3. The van der Waals surface area contributed by atoms with Crippen LogP contribution in [0.1, 0.15) is 32.8 Å². The molecule has 162 valence electrons. The molecule has 0 saturated heterocycles. The predicted molar refractivity (Wildman–Crippen MR) is 127 cm³/mol. The van der Waals surface area contributed by atoms with Gasteiger partial charge in [0.15, 0.2) is 0 Å². The van der Waals surface area contributed by atoms with Crippen LogP contribution in [0, 0.1) is 0 Å². The number of halogens is 3. The molecule has 0 aliphatic rings. The van der Waals surface area contributed by atoms with E-state index in [9.17, 15) is 9.59 Å². The number of hydrogen-bond acceptors (Lipinski definition) is 3. The zero-order valence-corrected chi connectivity index (χ0v) is 20.2. The molecule has 1 atom stereocenters. The minimum absolute atomic E-state index is 0.0266. The summed E-state index contributed by atoms with van der Waals surface area (Å²) in [5.74, 6) is 0.219. The summed E-state index contributed by atoms with van der Waals surface area (Å²) in [5, 5.41) is 4.46. The molecule has 0 heterocycles. The second-order valence-corrected chi connectivity index (χ2v) is 9.53. The number of amides is 2. The molecule has 2 aromatic carbocycles. The first kappa shape index (κ1) is 24.9. The van der Waals surface area contributed by atoms with Gasteiger partial charge in [-0.25, -0.2) is 0 Å². The second-order valence-electron chi connectivity index (χ2n) is 7.11. The Morgan fingerprint density at radius 2 is 1.60 bits per heavy atom. The Morgan fingerprint density at radius 1 is 1.00 bits per heavy atom. The SMILES string of the molecule is CC(C)NC(=O)C(C)N(Cc1c(Cl)cccc1Cl)C(=O)CCSc1ccc(Cl)cc1. The van der Waals surface area contributed by atoms with E-state index in [0.717, 1.165) is 4.90 Å². The van der Waals surface area contributed by atoms with Crippen LogP contribution in [-0.2, 0) is 16.1 Å². The Kier molecular flexibility index (Phi) is 9.82. The molecule has 0 spiro atoms. The Bertz CT molecular complexity index is 855. The lowest BCUT2D eigenvalue weighted by molar-refractivity contribution is -0.140. The van der Waals surface area contributed by atoms with Gasteiger partial charge < -0.3 is 10.2 Å². The number of nitrogens with one attached hydrogen (secondary N) is 1. The molecular formula is C22H25Cl3N2O2S. The van der Waals surface area contributed by atoms with Gasteiger partial charge in [-0.05, 0) is 57.2 Å². The van der Waals surface area contributed by atoms with Gasteiger partial charge in [-0.15, -0.1) is 11.8 Å². The van der Waals surface area contributed by atoms with E-state index in [-0.39, 0.29) is 30.8 Å². The molecule has 0 aliphatic heterocycles. The molecule has 2 amide bonds. The molecule has 8 heteroatoms. The smallest absolute Gasteiger partial charge is 0.242 e. The maximum Gasteiger partial charge on any atom is 0.242 e. The summed E-state index contributed by atoms with van der Waals surface area (Å²) >= 11 is 20.1. The van der Waals surface area contributed by atoms with E-state index < -0.39 is 6.04 Å². The predicted octanol–water partition coefficient (Wildman–Crippen LogP) is 6.07. The number of hydrogen-bond donors (Lipinski definition) is 1. The molecule has 0 aliphatic carbocycles. The van der Waals surface area contributed by atoms with Crippen LogP contribution in [0.25, 0.3) is 0 Å². The number of carbonyl (C=O) groups excluding carboxylic acids is 2. The molecule has 1 N–H and O–H groups in total. The van der Waals surface area contributed by atoms with Gasteiger partial charge in [-0.1, -0.05) is 40.9 Å². The molecule has 2 rings (SSSR count). The third kappa shape index (κ3) is 7.38. The Morgan fingerprint density at radius 3 is 2.17 bits per heavy atom. The number of rotatable bonds is 9. The zero-order valence-electron chi connectivity index (χ0n) is 17.1. The second kappa shape index (κ2) is 11.8. The Balaban J connectivity index is 2.13. The van der Waals surface area contributed by atoms with Crippen molar-refractivity contribution in [1.29, 1.82) is 0 Å². The lowest BCUT2D eigenvalue weighted by Crippen LogP contribution is -2.49. The van der Waals surface area contributed by atoms with Crippen LogP contribution in [0.5, 0.6) is 0 Å². The van der Waals surface area contributed by atoms with E-state index >= 15 is 0 Å². The summed E-state index contributed by atoms with van der Waals surface area (Å²) in [4.78, 5) is 28.2. The monoisotopic (exact) mass is 486 g/mol. The highest BCUT2D eigenvalue weighted by Gasteiger charge is 2.27. The van der Waals surface area contributed by atoms with Crippen LogP contribution < -0.4 is 5.32 Å². The first-order valence-electron chi connectivity index (χ1n) is 9.60. The standard InChI is InChI=1S/C22H25Cl3N2O2S/c1-14(2)26-22(29)15(3)27(13-18-19(24)5-4-6-20(18)25)21(28)11-12-30-17-9-7-16(23)8-10-17/h4-10,14-15H,11-13H2,1-3H3,(H,26,29). The number of nitrogens with zero attached hydrogens (tertiary/aromatic N) is 1. The van der Waals surface area contributed by atoms with E-state index in [4.69, 9.17) is 34.8 Å². The van der Waals surface area contributed by atoms with E-state index in [1.165, 1.54) is 4.90 Å². The first-order valence-corrected chi connectivity index (χ1v) is 11.7. The fourth-order valence-corrected chi connectivity index (χ4v) is 4.26. The summed E-state index contributed by atoms with van der Waals surface area (Å²) in [6.07, 6.45) is 0.272.